The average molecular weight is 513 g/mol. The molecule has 2 unspecified atom stereocenters. The molecule has 0 heterocycles. The van der Waals surface area contributed by atoms with Crippen molar-refractivity contribution in [1.82, 2.24) is 5.32 Å². The molecule has 7 nitrogen and oxygen atoms in total. The van der Waals surface area contributed by atoms with Crippen LogP contribution in [0.4, 0.5) is 5.69 Å². The van der Waals surface area contributed by atoms with Gasteiger partial charge in [-0.05, 0) is 41.5 Å². The van der Waals surface area contributed by atoms with Gasteiger partial charge in [0.25, 0.3) is 0 Å². The Morgan fingerprint density at radius 2 is 1.57 bits per heavy atom. The van der Waals surface area contributed by atoms with Crippen LogP contribution < -0.4 is 24.8 Å². The third kappa shape index (κ3) is 8.41. The molecule has 0 aliphatic heterocycles. The lowest BCUT2D eigenvalue weighted by molar-refractivity contribution is -0.124. The van der Waals surface area contributed by atoms with Gasteiger partial charge in [0.05, 0.1) is 27.2 Å². The summed E-state index contributed by atoms with van der Waals surface area (Å²) >= 11 is 0. The molecule has 37 heavy (non-hydrogen) atoms. The van der Waals surface area contributed by atoms with Crippen molar-refractivity contribution < 1.29 is 23.8 Å². The molecule has 0 aromatic heterocycles. The van der Waals surface area contributed by atoms with E-state index in [-0.39, 0.29) is 29.1 Å². The topological polar surface area (TPSA) is 85.9 Å². The van der Waals surface area contributed by atoms with Crippen molar-refractivity contribution in [2.75, 3.05) is 26.6 Å². The van der Waals surface area contributed by atoms with E-state index >= 15 is 0 Å². The molecule has 2 atom stereocenters. The second kappa shape index (κ2) is 13.9. The van der Waals surface area contributed by atoms with E-state index in [1.54, 1.807) is 21.3 Å². The zero-order chi connectivity index (χ0) is 27.6. The Hall–Kier alpha value is -3.22. The van der Waals surface area contributed by atoms with Crippen LogP contribution in [0.1, 0.15) is 77.3 Å². The highest BCUT2D eigenvalue weighted by Crippen LogP contribution is 2.47. The van der Waals surface area contributed by atoms with Crippen LogP contribution in [0.15, 0.2) is 36.4 Å². The molecule has 0 aliphatic rings. The summed E-state index contributed by atoms with van der Waals surface area (Å²) in [6, 6.07) is 11.4. The fraction of sp³-hybridized carbons (Fsp3) is 0.533. The highest BCUT2D eigenvalue weighted by molar-refractivity contribution is 5.94. The molecule has 0 saturated carbocycles. The van der Waals surface area contributed by atoms with Crippen LogP contribution in [0, 0.1) is 11.3 Å². The van der Waals surface area contributed by atoms with Gasteiger partial charge in [0.15, 0.2) is 11.5 Å². The van der Waals surface area contributed by atoms with Gasteiger partial charge in [-0.3, -0.25) is 9.59 Å². The molecule has 2 amide bonds. The Morgan fingerprint density at radius 1 is 0.919 bits per heavy atom. The Balaban J connectivity index is 2.52. The van der Waals surface area contributed by atoms with Gasteiger partial charge >= 0.3 is 0 Å². The van der Waals surface area contributed by atoms with E-state index in [2.05, 4.69) is 38.3 Å². The molecule has 0 spiro atoms. The van der Waals surface area contributed by atoms with Crippen molar-refractivity contribution >= 4 is 17.5 Å². The minimum atomic E-state index is -0.352. The number of hydrogen-bond donors (Lipinski definition) is 2. The lowest BCUT2D eigenvalue weighted by Gasteiger charge is -2.37. The largest absolute Gasteiger partial charge is 0.496 e. The molecule has 204 valence electrons. The molecule has 0 fully saturated rings. The number of rotatable bonds is 13. The monoisotopic (exact) mass is 512 g/mol. The standard InChI is InChI=1S/C30H44N2O5/c1-9-10-11-15-23(24-17-26(36-7)27(37-8)18-25(24)35-6)28(30(3,4)5)29(34)32-22-14-12-13-21(16-22)19-31-20(2)33/h12-14,16-18,23,28H,9-11,15,19H2,1-8H3,(H,31,33)(H,32,34). The first-order valence-corrected chi connectivity index (χ1v) is 13.0. The molecule has 2 rings (SSSR count). The molecule has 0 bridgehead atoms. The Labute approximate surface area is 222 Å². The number of carbonyl (C=O) groups excluding carboxylic acids is 2. The van der Waals surface area contributed by atoms with Gasteiger partial charge in [-0.1, -0.05) is 59.1 Å². The van der Waals surface area contributed by atoms with Gasteiger partial charge in [0.2, 0.25) is 11.8 Å². The summed E-state index contributed by atoms with van der Waals surface area (Å²) in [5.41, 5.74) is 2.22. The molecular formula is C30H44N2O5. The van der Waals surface area contributed by atoms with Crippen LogP contribution >= 0.6 is 0 Å². The van der Waals surface area contributed by atoms with Crippen molar-refractivity contribution in [3.63, 3.8) is 0 Å². The van der Waals surface area contributed by atoms with Crippen LogP contribution in [0.5, 0.6) is 17.2 Å². The molecule has 0 radical (unpaired) electrons. The van der Waals surface area contributed by atoms with Gasteiger partial charge in [-0.2, -0.15) is 0 Å². The number of methoxy groups -OCH3 is 3. The summed E-state index contributed by atoms with van der Waals surface area (Å²) in [6.07, 6.45) is 3.99. The number of unbranched alkanes of at least 4 members (excludes halogenated alkanes) is 2. The van der Waals surface area contributed by atoms with Crippen LogP contribution in [-0.4, -0.2) is 33.1 Å². The van der Waals surface area contributed by atoms with Gasteiger partial charge in [0, 0.05) is 30.8 Å². The summed E-state index contributed by atoms with van der Waals surface area (Å²) in [7, 11) is 4.85. The normalized spacial score (nSPS) is 12.9. The molecule has 0 saturated heterocycles. The predicted octanol–water partition coefficient (Wildman–Crippen LogP) is 6.31. The van der Waals surface area contributed by atoms with Crippen molar-refractivity contribution in [2.24, 2.45) is 11.3 Å². The van der Waals surface area contributed by atoms with Gasteiger partial charge in [-0.15, -0.1) is 0 Å². The van der Waals surface area contributed by atoms with Crippen LogP contribution in [-0.2, 0) is 16.1 Å². The maximum atomic E-state index is 14.0. The third-order valence-corrected chi connectivity index (χ3v) is 6.61. The summed E-state index contributed by atoms with van der Waals surface area (Å²) in [5, 5.41) is 5.96. The second-order valence-corrected chi connectivity index (χ2v) is 10.5. The van der Waals surface area contributed by atoms with E-state index in [1.807, 2.05) is 36.4 Å². The van der Waals surface area contributed by atoms with Crippen molar-refractivity contribution in [3.05, 3.63) is 47.5 Å². The van der Waals surface area contributed by atoms with E-state index in [0.717, 1.165) is 36.8 Å². The van der Waals surface area contributed by atoms with Crippen LogP contribution in [0.3, 0.4) is 0 Å². The fourth-order valence-electron chi connectivity index (χ4n) is 4.84. The number of ether oxygens (including phenoxy) is 3. The first-order chi connectivity index (χ1) is 17.5. The Morgan fingerprint density at radius 3 is 2.14 bits per heavy atom. The zero-order valence-corrected chi connectivity index (χ0v) is 23.7. The van der Waals surface area contributed by atoms with Gasteiger partial charge in [0.1, 0.15) is 5.75 Å². The number of benzene rings is 2. The molecule has 2 N–H and O–H groups in total. The van der Waals surface area contributed by atoms with Gasteiger partial charge < -0.3 is 24.8 Å². The van der Waals surface area contributed by atoms with Crippen LogP contribution in [0.25, 0.3) is 0 Å². The fourth-order valence-corrected chi connectivity index (χ4v) is 4.84. The summed E-state index contributed by atoms with van der Waals surface area (Å²) in [6.45, 7) is 10.4. The van der Waals surface area contributed by atoms with Crippen LogP contribution in [0.2, 0.25) is 0 Å². The summed E-state index contributed by atoms with van der Waals surface area (Å²) in [4.78, 5) is 25.3. The maximum absolute atomic E-state index is 14.0. The third-order valence-electron chi connectivity index (χ3n) is 6.61. The Bertz CT molecular complexity index is 1040. The van der Waals surface area contributed by atoms with Crippen molar-refractivity contribution in [1.29, 1.82) is 0 Å². The first kappa shape index (κ1) is 30.0. The van der Waals surface area contributed by atoms with E-state index in [0.29, 0.717) is 29.5 Å². The average Bonchev–Trinajstić information content (AvgIpc) is 2.85. The van der Waals surface area contributed by atoms with Crippen molar-refractivity contribution in [3.8, 4) is 17.2 Å². The smallest absolute Gasteiger partial charge is 0.228 e. The molecular weight excluding hydrogens is 468 g/mol. The summed E-state index contributed by atoms with van der Waals surface area (Å²) in [5.74, 6) is 1.27. The number of amides is 2. The summed E-state index contributed by atoms with van der Waals surface area (Å²) < 4.78 is 16.9. The molecule has 2 aromatic rings. The lowest BCUT2D eigenvalue weighted by atomic mass is 9.68. The number of carbonyl (C=O) groups is 2. The lowest BCUT2D eigenvalue weighted by Crippen LogP contribution is -2.38. The van der Waals surface area contributed by atoms with Crippen molar-refractivity contribution in [2.45, 2.75) is 72.8 Å². The van der Waals surface area contributed by atoms with E-state index in [9.17, 15) is 9.59 Å². The quantitative estimate of drug-likeness (QED) is 0.307. The van der Waals surface area contributed by atoms with E-state index < -0.39 is 0 Å². The highest BCUT2D eigenvalue weighted by atomic mass is 16.5. The molecule has 2 aromatic carbocycles. The number of nitrogens with one attached hydrogen (secondary N) is 2. The van der Waals surface area contributed by atoms with E-state index in [1.165, 1.54) is 6.92 Å². The maximum Gasteiger partial charge on any atom is 0.228 e. The minimum absolute atomic E-state index is 0.0532. The number of anilines is 1. The van der Waals surface area contributed by atoms with Gasteiger partial charge in [-0.25, -0.2) is 0 Å². The predicted molar refractivity (Wildman–Crippen MR) is 149 cm³/mol. The first-order valence-electron chi connectivity index (χ1n) is 13.0. The van der Waals surface area contributed by atoms with E-state index in [4.69, 9.17) is 14.2 Å². The highest BCUT2D eigenvalue weighted by Gasteiger charge is 2.40. The zero-order valence-electron chi connectivity index (χ0n) is 23.7. The number of hydrogen-bond acceptors (Lipinski definition) is 5. The minimum Gasteiger partial charge on any atom is -0.496 e. The second-order valence-electron chi connectivity index (χ2n) is 10.5. The SMILES string of the molecule is CCCCCC(c1cc(OC)c(OC)cc1OC)C(C(=O)Nc1cccc(CNC(C)=O)c1)C(C)(C)C. The Kier molecular flexibility index (Phi) is 11.3. The molecule has 7 heteroatoms. The molecule has 0 aliphatic carbocycles.